The van der Waals surface area contributed by atoms with E-state index in [9.17, 15) is 0 Å². The third-order valence-electron chi connectivity index (χ3n) is 0.552. The van der Waals surface area contributed by atoms with Crippen molar-refractivity contribution in [1.29, 1.82) is 0 Å². The Morgan fingerprint density at radius 2 is 2.25 bits per heavy atom. The number of rotatable bonds is 5. The molecule has 0 atom stereocenters. The Bertz CT molecular complexity index is 53.6. The van der Waals surface area contributed by atoms with E-state index < -0.39 is 0 Å². The van der Waals surface area contributed by atoms with Crippen molar-refractivity contribution >= 4 is 6.72 Å². The van der Waals surface area contributed by atoms with E-state index in [0.29, 0.717) is 6.54 Å². The normalized spacial score (nSPS) is 8.62. The molecule has 8 heavy (non-hydrogen) atoms. The Kier molecular flexibility index (Phi) is 5.83. The third kappa shape index (κ3) is 5.35. The first-order chi connectivity index (χ1) is 3.91. The molecule has 0 aromatic rings. The highest BCUT2D eigenvalue weighted by Gasteiger charge is 1.76. The van der Waals surface area contributed by atoms with E-state index in [-0.39, 0.29) is 0 Å². The van der Waals surface area contributed by atoms with Crippen molar-refractivity contribution in [3.8, 4) is 0 Å². The summed E-state index contributed by atoms with van der Waals surface area (Å²) < 4.78 is 0. The molecular formula is C3H11N5. The number of hydrogen-bond donors (Lipinski definition) is 4. The molecule has 0 heterocycles. The van der Waals surface area contributed by atoms with E-state index in [0.717, 1.165) is 6.54 Å². The monoisotopic (exact) mass is 117 g/mol. The molecule has 0 aromatic heterocycles. The largest absolute Gasteiger partial charge is 0.271 e. The minimum Gasteiger partial charge on any atom is -0.271 e. The van der Waals surface area contributed by atoms with Gasteiger partial charge in [0.2, 0.25) is 0 Å². The lowest BCUT2D eigenvalue weighted by atomic mass is 10.7. The van der Waals surface area contributed by atoms with Gasteiger partial charge in [-0.1, -0.05) is 0 Å². The van der Waals surface area contributed by atoms with Gasteiger partial charge in [0.1, 0.15) is 0 Å². The summed E-state index contributed by atoms with van der Waals surface area (Å²) in [5, 5.41) is 3.33. The molecule has 0 saturated carbocycles. The maximum absolute atomic E-state index is 4.95. The summed E-state index contributed by atoms with van der Waals surface area (Å²) in [6.45, 7) is 4.60. The first-order valence-electron chi connectivity index (χ1n) is 2.29. The van der Waals surface area contributed by atoms with Crippen LogP contribution in [0.25, 0.3) is 0 Å². The van der Waals surface area contributed by atoms with Gasteiger partial charge in [0.25, 0.3) is 0 Å². The molecule has 0 amide bonds. The summed E-state index contributed by atoms with van der Waals surface area (Å²) in [4.78, 5) is 0. The first kappa shape index (κ1) is 7.35. The average Bonchev–Trinajstić information content (AvgIpc) is 1.81. The molecule has 0 aliphatic rings. The van der Waals surface area contributed by atoms with Crippen LogP contribution in [0, 0.1) is 0 Å². The van der Waals surface area contributed by atoms with Gasteiger partial charge >= 0.3 is 0 Å². The maximum Gasteiger partial charge on any atom is 0.0302 e. The lowest BCUT2D eigenvalue weighted by Crippen LogP contribution is -2.36. The van der Waals surface area contributed by atoms with Crippen molar-refractivity contribution in [3.05, 3.63) is 0 Å². The van der Waals surface area contributed by atoms with Gasteiger partial charge in [-0.15, -0.1) is 0 Å². The van der Waals surface area contributed by atoms with Gasteiger partial charge in [0.15, 0.2) is 0 Å². The lowest BCUT2D eigenvalue weighted by Gasteiger charge is -1.99. The molecule has 0 aliphatic heterocycles. The van der Waals surface area contributed by atoms with E-state index >= 15 is 0 Å². The Morgan fingerprint density at radius 3 is 2.75 bits per heavy atom. The van der Waals surface area contributed by atoms with Gasteiger partial charge in [0.05, 0.1) is 0 Å². The summed E-state index contributed by atoms with van der Waals surface area (Å²) in [6, 6.07) is 0. The van der Waals surface area contributed by atoms with E-state index in [1.807, 2.05) is 0 Å². The van der Waals surface area contributed by atoms with Gasteiger partial charge in [-0.05, 0) is 0 Å². The number of nitrogens with zero attached hydrogens (tertiary/aromatic N) is 1. The standard InChI is InChI=1S/C3H11N5/c1-5-8-7-3-2-6-4/h6-8H,1-4H2. The molecule has 48 valence electrons. The molecule has 0 spiro atoms. The van der Waals surface area contributed by atoms with Gasteiger partial charge in [-0.25, -0.2) is 11.0 Å². The van der Waals surface area contributed by atoms with Gasteiger partial charge in [0, 0.05) is 19.8 Å². The smallest absolute Gasteiger partial charge is 0.0302 e. The third-order valence-corrected chi connectivity index (χ3v) is 0.552. The van der Waals surface area contributed by atoms with Gasteiger partial charge in [-0.2, -0.15) is 5.10 Å². The second-order valence-corrected chi connectivity index (χ2v) is 1.15. The van der Waals surface area contributed by atoms with Crippen LogP contribution in [-0.4, -0.2) is 19.8 Å². The molecule has 0 unspecified atom stereocenters. The van der Waals surface area contributed by atoms with Crippen molar-refractivity contribution in [1.82, 2.24) is 16.4 Å². The fourth-order valence-electron chi connectivity index (χ4n) is 0.246. The maximum atomic E-state index is 4.95. The highest BCUT2D eigenvalue weighted by molar-refractivity contribution is 5.21. The number of hydrazone groups is 1. The summed E-state index contributed by atoms with van der Waals surface area (Å²) in [5.74, 6) is 4.95. The predicted octanol–water partition coefficient (Wildman–Crippen LogP) is -1.84. The Labute approximate surface area is 48.3 Å². The van der Waals surface area contributed by atoms with Crippen molar-refractivity contribution in [2.24, 2.45) is 10.9 Å². The summed E-state index contributed by atoms with van der Waals surface area (Å²) >= 11 is 0. The highest BCUT2D eigenvalue weighted by Crippen LogP contribution is 1.47. The molecule has 5 heteroatoms. The fraction of sp³-hybridized carbons (Fsp3) is 0.667. The SMILES string of the molecule is C=NNNCCNN. The molecule has 0 fully saturated rings. The van der Waals surface area contributed by atoms with Crippen LogP contribution in [0.3, 0.4) is 0 Å². The number of hydrazine groups is 2. The minimum atomic E-state index is 0.697. The quantitative estimate of drug-likeness (QED) is 0.148. The lowest BCUT2D eigenvalue weighted by molar-refractivity contribution is 0.539. The molecule has 0 aliphatic carbocycles. The van der Waals surface area contributed by atoms with Crippen LogP contribution in [0.15, 0.2) is 5.10 Å². The van der Waals surface area contributed by atoms with Gasteiger partial charge < -0.3 is 0 Å². The number of nitrogens with one attached hydrogen (secondary N) is 3. The van der Waals surface area contributed by atoms with Crippen molar-refractivity contribution in [3.63, 3.8) is 0 Å². The van der Waals surface area contributed by atoms with Crippen LogP contribution < -0.4 is 22.2 Å². The topological polar surface area (TPSA) is 74.5 Å². The molecule has 0 aromatic carbocycles. The zero-order chi connectivity index (χ0) is 6.24. The van der Waals surface area contributed by atoms with Crippen molar-refractivity contribution in [2.75, 3.05) is 13.1 Å². The molecule has 0 saturated heterocycles. The molecule has 5 N–H and O–H groups in total. The predicted molar refractivity (Wildman–Crippen MR) is 32.9 cm³/mol. The van der Waals surface area contributed by atoms with Crippen LogP contribution in [-0.2, 0) is 0 Å². The van der Waals surface area contributed by atoms with Crippen LogP contribution in [0.1, 0.15) is 0 Å². The molecule has 5 nitrogen and oxygen atoms in total. The zero-order valence-electron chi connectivity index (χ0n) is 4.65. The summed E-state index contributed by atoms with van der Waals surface area (Å²) in [5.41, 5.74) is 7.63. The van der Waals surface area contributed by atoms with E-state index in [4.69, 9.17) is 5.84 Å². The minimum absolute atomic E-state index is 0.697. The summed E-state index contributed by atoms with van der Waals surface area (Å²) in [6.07, 6.45) is 0. The molecule has 0 bridgehead atoms. The molecular weight excluding hydrogens is 106 g/mol. The Morgan fingerprint density at radius 1 is 1.50 bits per heavy atom. The van der Waals surface area contributed by atoms with Crippen LogP contribution >= 0.6 is 0 Å². The molecule has 0 radical (unpaired) electrons. The van der Waals surface area contributed by atoms with Gasteiger partial charge in [-0.3, -0.25) is 11.3 Å². The van der Waals surface area contributed by atoms with Crippen molar-refractivity contribution < 1.29 is 0 Å². The van der Waals surface area contributed by atoms with E-state index in [1.165, 1.54) is 0 Å². The second kappa shape index (κ2) is 6.35. The summed E-state index contributed by atoms with van der Waals surface area (Å²) in [7, 11) is 0. The number of nitrogens with two attached hydrogens (primary N) is 1. The Balaban J connectivity index is 2.62. The first-order valence-corrected chi connectivity index (χ1v) is 2.29. The fourth-order valence-corrected chi connectivity index (χ4v) is 0.246. The number of hydrogen-bond acceptors (Lipinski definition) is 5. The van der Waals surface area contributed by atoms with Crippen molar-refractivity contribution in [2.45, 2.75) is 0 Å². The van der Waals surface area contributed by atoms with Crippen LogP contribution in [0.2, 0.25) is 0 Å². The average molecular weight is 117 g/mol. The zero-order valence-corrected chi connectivity index (χ0v) is 4.65. The van der Waals surface area contributed by atoms with Crippen LogP contribution in [0.4, 0.5) is 0 Å². The second-order valence-electron chi connectivity index (χ2n) is 1.15. The van der Waals surface area contributed by atoms with Crippen LogP contribution in [0.5, 0.6) is 0 Å². The Hall–Kier alpha value is -0.650. The highest BCUT2D eigenvalue weighted by atomic mass is 15.5. The van der Waals surface area contributed by atoms with E-state index in [1.54, 1.807) is 0 Å². The molecule has 0 rings (SSSR count). The van der Waals surface area contributed by atoms with E-state index in [2.05, 4.69) is 28.2 Å².